The molecule has 2 N–H and O–H groups in total. The van der Waals surface area contributed by atoms with Crippen LogP contribution in [0.15, 0.2) is 42.5 Å². The Morgan fingerprint density at radius 1 is 1.00 bits per heavy atom. The molecule has 0 aliphatic heterocycles. The molecule has 0 bridgehead atoms. The van der Waals surface area contributed by atoms with Crippen molar-refractivity contribution in [3.05, 3.63) is 59.7 Å². The van der Waals surface area contributed by atoms with Gasteiger partial charge in [-0.05, 0) is 42.7 Å². The lowest BCUT2D eigenvalue weighted by Gasteiger charge is -2.10. The van der Waals surface area contributed by atoms with Crippen LogP contribution in [0.5, 0.6) is 11.5 Å². The number of benzene rings is 2. The first-order chi connectivity index (χ1) is 9.58. The third-order valence-electron chi connectivity index (χ3n) is 3.07. The van der Waals surface area contributed by atoms with Crippen molar-refractivity contribution >= 4 is 0 Å². The van der Waals surface area contributed by atoms with Crippen LogP contribution in [0.4, 0.5) is 8.78 Å². The molecule has 0 saturated heterocycles. The summed E-state index contributed by atoms with van der Waals surface area (Å²) in [6.07, 6.45) is 1.73. The van der Waals surface area contributed by atoms with E-state index in [1.54, 1.807) is 12.1 Å². The van der Waals surface area contributed by atoms with Crippen LogP contribution in [0.25, 0.3) is 0 Å². The highest BCUT2D eigenvalue weighted by atomic mass is 19.2. The molecule has 0 fully saturated rings. The van der Waals surface area contributed by atoms with E-state index in [1.165, 1.54) is 6.07 Å². The molecule has 0 heterocycles. The van der Waals surface area contributed by atoms with Gasteiger partial charge in [0.2, 0.25) is 0 Å². The SMILES string of the molecule is CCC(N)Cc1ccc(Oc2ccc(F)c(F)c2)cc1. The number of halogens is 2. The second-order valence-electron chi connectivity index (χ2n) is 4.69. The lowest BCUT2D eigenvalue weighted by atomic mass is 10.0. The van der Waals surface area contributed by atoms with Crippen molar-refractivity contribution < 1.29 is 13.5 Å². The summed E-state index contributed by atoms with van der Waals surface area (Å²) in [7, 11) is 0. The Morgan fingerprint density at radius 3 is 2.25 bits per heavy atom. The average molecular weight is 277 g/mol. The molecule has 0 amide bonds. The second kappa shape index (κ2) is 6.48. The van der Waals surface area contributed by atoms with Gasteiger partial charge in [0.25, 0.3) is 0 Å². The molecule has 2 rings (SSSR count). The highest BCUT2D eigenvalue weighted by Gasteiger charge is 2.05. The van der Waals surface area contributed by atoms with Crippen molar-refractivity contribution in [1.82, 2.24) is 0 Å². The summed E-state index contributed by atoms with van der Waals surface area (Å²) >= 11 is 0. The number of rotatable bonds is 5. The highest BCUT2D eigenvalue weighted by Crippen LogP contribution is 2.23. The molecule has 1 unspecified atom stereocenters. The predicted octanol–water partition coefficient (Wildman–Crippen LogP) is 4.04. The first-order valence-corrected chi connectivity index (χ1v) is 6.56. The van der Waals surface area contributed by atoms with Gasteiger partial charge in [-0.25, -0.2) is 8.78 Å². The van der Waals surface area contributed by atoms with Gasteiger partial charge < -0.3 is 10.5 Å². The van der Waals surface area contributed by atoms with Crippen molar-refractivity contribution in [2.75, 3.05) is 0 Å². The number of nitrogens with two attached hydrogens (primary N) is 1. The van der Waals surface area contributed by atoms with Crippen LogP contribution in [0.1, 0.15) is 18.9 Å². The van der Waals surface area contributed by atoms with E-state index in [-0.39, 0.29) is 11.8 Å². The minimum Gasteiger partial charge on any atom is -0.457 e. The topological polar surface area (TPSA) is 35.2 Å². The van der Waals surface area contributed by atoms with Crippen molar-refractivity contribution in [3.8, 4) is 11.5 Å². The Labute approximate surface area is 117 Å². The molecule has 0 spiro atoms. The fraction of sp³-hybridized carbons (Fsp3) is 0.250. The third-order valence-corrected chi connectivity index (χ3v) is 3.07. The molecule has 0 aromatic heterocycles. The van der Waals surface area contributed by atoms with Crippen LogP contribution in [-0.2, 0) is 6.42 Å². The molecular weight excluding hydrogens is 260 g/mol. The van der Waals surface area contributed by atoms with Gasteiger partial charge >= 0.3 is 0 Å². The van der Waals surface area contributed by atoms with E-state index in [0.717, 1.165) is 30.5 Å². The monoisotopic (exact) mass is 277 g/mol. The standard InChI is InChI=1S/C16H17F2NO/c1-2-12(19)9-11-3-5-13(6-4-11)20-14-7-8-15(17)16(18)10-14/h3-8,10,12H,2,9,19H2,1H3. The zero-order valence-corrected chi connectivity index (χ0v) is 11.3. The molecular formula is C16H17F2NO. The van der Waals surface area contributed by atoms with E-state index < -0.39 is 11.6 Å². The molecule has 1 atom stereocenters. The fourth-order valence-corrected chi connectivity index (χ4v) is 1.82. The van der Waals surface area contributed by atoms with Crippen molar-refractivity contribution in [3.63, 3.8) is 0 Å². The van der Waals surface area contributed by atoms with E-state index in [1.807, 2.05) is 19.1 Å². The summed E-state index contributed by atoms with van der Waals surface area (Å²) in [6, 6.07) is 11.0. The summed E-state index contributed by atoms with van der Waals surface area (Å²) in [6.45, 7) is 2.05. The van der Waals surface area contributed by atoms with Crippen LogP contribution < -0.4 is 10.5 Å². The van der Waals surface area contributed by atoms with Crippen molar-refractivity contribution in [1.29, 1.82) is 0 Å². The lowest BCUT2D eigenvalue weighted by molar-refractivity contribution is 0.461. The van der Waals surface area contributed by atoms with Gasteiger partial charge in [0, 0.05) is 12.1 Å². The maximum Gasteiger partial charge on any atom is 0.162 e. The van der Waals surface area contributed by atoms with Gasteiger partial charge in [-0.2, -0.15) is 0 Å². The summed E-state index contributed by atoms with van der Waals surface area (Å²) in [5, 5.41) is 0. The third kappa shape index (κ3) is 3.78. The zero-order valence-electron chi connectivity index (χ0n) is 11.3. The van der Waals surface area contributed by atoms with E-state index in [4.69, 9.17) is 10.5 Å². The molecule has 0 aliphatic rings. The van der Waals surface area contributed by atoms with E-state index in [9.17, 15) is 8.78 Å². The summed E-state index contributed by atoms with van der Waals surface area (Å²) in [5.74, 6) is -0.971. The summed E-state index contributed by atoms with van der Waals surface area (Å²) < 4.78 is 31.3. The minimum atomic E-state index is -0.923. The lowest BCUT2D eigenvalue weighted by Crippen LogP contribution is -2.21. The average Bonchev–Trinajstić information content (AvgIpc) is 2.45. The van der Waals surface area contributed by atoms with Gasteiger partial charge in [0.05, 0.1) is 0 Å². The molecule has 0 saturated carbocycles. The van der Waals surface area contributed by atoms with E-state index in [2.05, 4.69) is 0 Å². The smallest absolute Gasteiger partial charge is 0.162 e. The Bertz CT molecular complexity index is 569. The predicted molar refractivity (Wildman–Crippen MR) is 74.8 cm³/mol. The van der Waals surface area contributed by atoms with Gasteiger partial charge in [-0.1, -0.05) is 19.1 Å². The number of ether oxygens (including phenoxy) is 1. The molecule has 2 aromatic carbocycles. The van der Waals surface area contributed by atoms with Crippen LogP contribution >= 0.6 is 0 Å². The summed E-state index contributed by atoms with van der Waals surface area (Å²) in [4.78, 5) is 0. The van der Waals surface area contributed by atoms with Crippen LogP contribution in [0, 0.1) is 11.6 Å². The van der Waals surface area contributed by atoms with Crippen LogP contribution in [0.3, 0.4) is 0 Å². The van der Waals surface area contributed by atoms with E-state index >= 15 is 0 Å². The molecule has 0 aliphatic carbocycles. The van der Waals surface area contributed by atoms with Crippen LogP contribution in [0.2, 0.25) is 0 Å². The molecule has 2 aromatic rings. The Kier molecular flexibility index (Phi) is 4.69. The molecule has 106 valence electrons. The van der Waals surface area contributed by atoms with Gasteiger partial charge in [0.1, 0.15) is 11.5 Å². The second-order valence-corrected chi connectivity index (χ2v) is 4.69. The largest absolute Gasteiger partial charge is 0.457 e. The number of hydrogen-bond acceptors (Lipinski definition) is 2. The first-order valence-electron chi connectivity index (χ1n) is 6.56. The summed E-state index contributed by atoms with van der Waals surface area (Å²) in [5.41, 5.74) is 7.01. The minimum absolute atomic E-state index is 0.146. The normalized spacial score (nSPS) is 12.2. The Hall–Kier alpha value is -1.94. The first kappa shape index (κ1) is 14.5. The molecule has 2 nitrogen and oxygen atoms in total. The maximum absolute atomic E-state index is 13.1. The molecule has 4 heteroatoms. The van der Waals surface area contributed by atoms with Crippen molar-refractivity contribution in [2.24, 2.45) is 5.73 Å². The molecule has 0 radical (unpaired) electrons. The van der Waals surface area contributed by atoms with Gasteiger partial charge in [-0.3, -0.25) is 0 Å². The zero-order chi connectivity index (χ0) is 14.5. The highest BCUT2D eigenvalue weighted by molar-refractivity contribution is 5.33. The van der Waals surface area contributed by atoms with Crippen LogP contribution in [-0.4, -0.2) is 6.04 Å². The maximum atomic E-state index is 13.1. The fourth-order valence-electron chi connectivity index (χ4n) is 1.82. The van der Waals surface area contributed by atoms with Crippen molar-refractivity contribution in [2.45, 2.75) is 25.8 Å². The van der Waals surface area contributed by atoms with Gasteiger partial charge in [0.15, 0.2) is 11.6 Å². The molecule has 20 heavy (non-hydrogen) atoms. The Morgan fingerprint density at radius 2 is 1.65 bits per heavy atom. The van der Waals surface area contributed by atoms with Gasteiger partial charge in [-0.15, -0.1) is 0 Å². The number of hydrogen-bond donors (Lipinski definition) is 1. The Balaban J connectivity index is 2.04. The van der Waals surface area contributed by atoms with E-state index in [0.29, 0.717) is 5.75 Å². The quantitative estimate of drug-likeness (QED) is 0.895.